The van der Waals surface area contributed by atoms with Gasteiger partial charge in [0.15, 0.2) is 0 Å². The molecule has 0 amide bonds. The Morgan fingerprint density at radius 1 is 0.680 bits per heavy atom. The Balaban J connectivity index is 0.000000325. The summed E-state index contributed by atoms with van der Waals surface area (Å²) in [6.45, 7) is 0. The van der Waals surface area contributed by atoms with Crippen molar-refractivity contribution in [1.29, 1.82) is 0 Å². The van der Waals surface area contributed by atoms with E-state index in [1.165, 1.54) is 44.7 Å². The summed E-state index contributed by atoms with van der Waals surface area (Å²) in [7, 11) is 0.252. The van der Waals surface area contributed by atoms with E-state index in [9.17, 15) is 0 Å². The van der Waals surface area contributed by atoms with Gasteiger partial charge in [-0.1, -0.05) is 44.7 Å². The van der Waals surface area contributed by atoms with Crippen molar-refractivity contribution in [3.05, 3.63) is 60.2 Å². The molecule has 0 spiro atoms. The van der Waals surface area contributed by atoms with Crippen LogP contribution < -0.4 is 0 Å². The Kier molecular flexibility index (Phi) is 10.2. The molecule has 0 saturated heterocycles. The first-order valence-corrected chi connectivity index (χ1v) is 11.7. The molecule has 25 heavy (non-hydrogen) atoms. The van der Waals surface area contributed by atoms with Gasteiger partial charge < -0.3 is 30.3 Å². The van der Waals surface area contributed by atoms with E-state index < -0.39 is 0 Å². The molecule has 2 aromatic rings. The first-order chi connectivity index (χ1) is 11.9. The quantitative estimate of drug-likeness (QED) is 0.286. The van der Waals surface area contributed by atoms with E-state index in [1.807, 2.05) is 30.3 Å². The summed E-state index contributed by atoms with van der Waals surface area (Å²) in [5.74, 6) is 0. The van der Waals surface area contributed by atoms with Gasteiger partial charge in [-0.2, -0.15) is 17.7 Å². The zero-order valence-electron chi connectivity index (χ0n) is 15.4. The van der Waals surface area contributed by atoms with Crippen molar-refractivity contribution in [3.63, 3.8) is 0 Å². The number of hydrogen-bond acceptors (Lipinski definition) is 0. The molecule has 2 heteroatoms. The van der Waals surface area contributed by atoms with Crippen LogP contribution in [0, 0.1) is 0 Å². The van der Waals surface area contributed by atoms with Crippen molar-refractivity contribution in [2.75, 3.05) is 0 Å². The normalized spacial score (nSPS) is 19.1. The summed E-state index contributed by atoms with van der Waals surface area (Å²) in [6, 6.07) is 19.2. The van der Waals surface area contributed by atoms with Crippen LogP contribution in [0.15, 0.2) is 54.6 Å². The number of rotatable bonds is 4. The van der Waals surface area contributed by atoms with Gasteiger partial charge >= 0.3 is 0 Å². The Hall–Kier alpha value is -0.351. The molecule has 0 N–H and O–H groups in total. The van der Waals surface area contributed by atoms with Gasteiger partial charge in [0, 0.05) is 17.1 Å². The molecule has 144 valence electrons. The summed E-state index contributed by atoms with van der Waals surface area (Å²) >= 11 is 0. The molecule has 0 aliphatic heterocycles. The Morgan fingerprint density at radius 3 is 1.48 bits per heavy atom. The maximum absolute atomic E-state index is 2.36. The topological polar surface area (TPSA) is 0 Å². The third kappa shape index (κ3) is 7.05. The molecule has 2 saturated carbocycles. The van der Waals surface area contributed by atoms with Crippen LogP contribution in [0.2, 0.25) is 0 Å². The van der Waals surface area contributed by atoms with E-state index in [4.69, 9.17) is 0 Å². The van der Waals surface area contributed by atoms with Gasteiger partial charge in [0.2, 0.25) is 0 Å². The molecular formula is C23H33FeP-6. The minimum Gasteiger partial charge on any atom is -0.748 e. The van der Waals surface area contributed by atoms with E-state index in [0.717, 1.165) is 11.3 Å². The van der Waals surface area contributed by atoms with Gasteiger partial charge in [-0.15, -0.1) is 7.92 Å². The van der Waals surface area contributed by atoms with Crippen molar-refractivity contribution < 1.29 is 17.1 Å². The van der Waals surface area contributed by atoms with Crippen molar-refractivity contribution in [2.45, 2.75) is 81.7 Å². The average molecular weight is 396 g/mol. The van der Waals surface area contributed by atoms with Gasteiger partial charge in [0.25, 0.3) is 0 Å². The van der Waals surface area contributed by atoms with Crippen LogP contribution in [0.25, 0.3) is 0 Å². The molecule has 2 fully saturated rings. The maximum atomic E-state index is 2.36. The minimum absolute atomic E-state index is 0. The van der Waals surface area contributed by atoms with Crippen LogP contribution in [0.1, 0.15) is 69.8 Å². The van der Waals surface area contributed by atoms with E-state index >= 15 is 0 Å². The second-order valence-electron chi connectivity index (χ2n) is 7.51. The SMILES string of the molecule is [Fe].[cH-]1[cH-][cH-][cH-][cH-]1.c1cc[c-](CP(C2CCCCC2)C2CCCCC2)c1. The molecule has 2 aliphatic rings. The molecule has 0 atom stereocenters. The van der Waals surface area contributed by atoms with Crippen LogP contribution >= 0.6 is 7.92 Å². The molecule has 0 unspecified atom stereocenters. The summed E-state index contributed by atoms with van der Waals surface area (Å²) in [5.41, 5.74) is 3.82. The zero-order valence-corrected chi connectivity index (χ0v) is 17.4. The molecule has 0 radical (unpaired) electrons. The molecule has 2 aromatic carbocycles. The van der Waals surface area contributed by atoms with Crippen molar-refractivity contribution in [2.24, 2.45) is 0 Å². The van der Waals surface area contributed by atoms with Crippen LogP contribution in [-0.2, 0) is 23.2 Å². The monoisotopic (exact) mass is 396 g/mol. The average Bonchev–Trinajstić information content (AvgIpc) is 3.38. The van der Waals surface area contributed by atoms with E-state index in [1.54, 1.807) is 31.2 Å². The van der Waals surface area contributed by atoms with E-state index in [-0.39, 0.29) is 25.0 Å². The Bertz CT molecular complexity index is 469. The van der Waals surface area contributed by atoms with Gasteiger partial charge in [0.1, 0.15) is 0 Å². The van der Waals surface area contributed by atoms with Gasteiger partial charge in [-0.05, 0) is 37.0 Å². The number of hydrogen-bond donors (Lipinski definition) is 0. The Labute approximate surface area is 166 Å². The van der Waals surface area contributed by atoms with Crippen molar-refractivity contribution >= 4 is 7.92 Å². The summed E-state index contributed by atoms with van der Waals surface area (Å²) in [4.78, 5) is 0. The molecule has 0 heterocycles. The maximum Gasteiger partial charge on any atom is 0 e. The standard InChI is InChI=1S/C18H28P.C5H5.Fe/c1-3-11-17(12-4-1)19(15-16-9-7-8-10-16)18-13-5-2-6-14-18;1-2-4-5-3-1;/h7-10,17-18H,1-6,11-15H2;1-5H;/q-1;-5;. The van der Waals surface area contributed by atoms with E-state index in [2.05, 4.69) is 24.3 Å². The van der Waals surface area contributed by atoms with Crippen molar-refractivity contribution in [3.8, 4) is 0 Å². The van der Waals surface area contributed by atoms with Crippen LogP contribution in [-0.4, -0.2) is 11.3 Å². The zero-order chi connectivity index (χ0) is 16.5. The summed E-state index contributed by atoms with van der Waals surface area (Å²) in [6.07, 6.45) is 16.7. The summed E-state index contributed by atoms with van der Waals surface area (Å²) < 4.78 is 0. The first kappa shape index (κ1) is 21.0. The third-order valence-electron chi connectivity index (χ3n) is 5.74. The van der Waals surface area contributed by atoms with Gasteiger partial charge in [-0.25, -0.2) is 12.1 Å². The first-order valence-electron chi connectivity index (χ1n) is 10.1. The molecule has 0 nitrogen and oxygen atoms in total. The fourth-order valence-corrected chi connectivity index (χ4v) is 8.23. The van der Waals surface area contributed by atoms with Crippen LogP contribution in [0.3, 0.4) is 0 Å². The second kappa shape index (κ2) is 12.1. The second-order valence-corrected chi connectivity index (χ2v) is 10.3. The summed E-state index contributed by atoms with van der Waals surface area (Å²) in [5, 5.41) is 0. The third-order valence-corrected chi connectivity index (χ3v) is 9.38. The van der Waals surface area contributed by atoms with E-state index in [0.29, 0.717) is 0 Å². The van der Waals surface area contributed by atoms with Crippen molar-refractivity contribution in [1.82, 2.24) is 0 Å². The minimum atomic E-state index is 0. The molecule has 0 aromatic heterocycles. The van der Waals surface area contributed by atoms with Crippen LogP contribution in [0.5, 0.6) is 0 Å². The van der Waals surface area contributed by atoms with Gasteiger partial charge in [-0.3, -0.25) is 0 Å². The fourth-order valence-electron chi connectivity index (χ4n) is 4.43. The largest absolute Gasteiger partial charge is 0.748 e. The Morgan fingerprint density at radius 2 is 1.08 bits per heavy atom. The fraction of sp³-hybridized carbons (Fsp3) is 0.565. The smallest absolute Gasteiger partial charge is 0 e. The molecule has 4 rings (SSSR count). The predicted molar refractivity (Wildman–Crippen MR) is 108 cm³/mol. The molecular weight excluding hydrogens is 363 g/mol. The molecule has 0 bridgehead atoms. The van der Waals surface area contributed by atoms with Gasteiger partial charge in [0.05, 0.1) is 0 Å². The predicted octanol–water partition coefficient (Wildman–Crippen LogP) is 7.46. The van der Waals surface area contributed by atoms with Crippen LogP contribution in [0.4, 0.5) is 0 Å². The molecule has 2 aliphatic carbocycles.